The molecule has 1 aromatic carbocycles. The van der Waals surface area contributed by atoms with Crippen LogP contribution in [-0.4, -0.2) is 37.4 Å². The van der Waals surface area contributed by atoms with Crippen molar-refractivity contribution in [2.24, 2.45) is 0 Å². The first kappa shape index (κ1) is 11.9. The number of benzene rings is 1. The SMILES string of the molecule is O=CC=C(Cc1ccccc1)N1CCNCC1. The van der Waals surface area contributed by atoms with E-state index in [4.69, 9.17) is 0 Å². The molecule has 90 valence electrons. The van der Waals surface area contributed by atoms with Crippen LogP contribution in [-0.2, 0) is 11.2 Å². The Hall–Kier alpha value is -1.61. The molecular formula is C14H18N2O. The molecule has 1 saturated heterocycles. The minimum Gasteiger partial charge on any atom is -0.372 e. The summed E-state index contributed by atoms with van der Waals surface area (Å²) < 4.78 is 0. The van der Waals surface area contributed by atoms with Crippen molar-refractivity contribution in [3.63, 3.8) is 0 Å². The molecule has 0 atom stereocenters. The number of hydrogen-bond donors (Lipinski definition) is 1. The van der Waals surface area contributed by atoms with E-state index in [0.717, 1.165) is 44.6 Å². The Morgan fingerprint density at radius 3 is 2.59 bits per heavy atom. The van der Waals surface area contributed by atoms with Crippen LogP contribution in [0.5, 0.6) is 0 Å². The predicted molar refractivity (Wildman–Crippen MR) is 68.7 cm³/mol. The van der Waals surface area contributed by atoms with Gasteiger partial charge in [-0.05, 0) is 11.6 Å². The molecule has 0 saturated carbocycles. The number of nitrogens with one attached hydrogen (secondary N) is 1. The van der Waals surface area contributed by atoms with Crippen molar-refractivity contribution in [1.29, 1.82) is 0 Å². The highest BCUT2D eigenvalue weighted by molar-refractivity contribution is 5.66. The van der Waals surface area contributed by atoms with E-state index in [1.54, 1.807) is 6.08 Å². The van der Waals surface area contributed by atoms with Crippen molar-refractivity contribution < 1.29 is 4.79 Å². The molecule has 1 aliphatic heterocycles. The summed E-state index contributed by atoms with van der Waals surface area (Å²) in [6.45, 7) is 3.94. The van der Waals surface area contributed by atoms with Crippen LogP contribution >= 0.6 is 0 Å². The van der Waals surface area contributed by atoms with Crippen molar-refractivity contribution in [3.8, 4) is 0 Å². The van der Waals surface area contributed by atoms with Crippen LogP contribution in [0, 0.1) is 0 Å². The summed E-state index contributed by atoms with van der Waals surface area (Å²) in [6, 6.07) is 10.3. The molecule has 2 rings (SSSR count). The van der Waals surface area contributed by atoms with Crippen molar-refractivity contribution in [1.82, 2.24) is 10.2 Å². The van der Waals surface area contributed by atoms with Crippen molar-refractivity contribution >= 4 is 6.29 Å². The van der Waals surface area contributed by atoms with Crippen LogP contribution < -0.4 is 5.32 Å². The van der Waals surface area contributed by atoms with Crippen LogP contribution in [0.3, 0.4) is 0 Å². The lowest BCUT2D eigenvalue weighted by Gasteiger charge is -2.31. The first-order valence-corrected chi connectivity index (χ1v) is 6.04. The standard InChI is InChI=1S/C14H18N2O/c17-11-6-14(16-9-7-15-8-10-16)12-13-4-2-1-3-5-13/h1-6,11,15H,7-10,12H2. The van der Waals surface area contributed by atoms with Crippen LogP contribution in [0.1, 0.15) is 5.56 Å². The summed E-state index contributed by atoms with van der Waals surface area (Å²) in [6.07, 6.45) is 3.41. The van der Waals surface area contributed by atoms with E-state index in [9.17, 15) is 4.79 Å². The quantitative estimate of drug-likeness (QED) is 0.623. The maximum atomic E-state index is 10.7. The maximum absolute atomic E-state index is 10.7. The van der Waals surface area contributed by atoms with E-state index >= 15 is 0 Å². The van der Waals surface area contributed by atoms with Crippen LogP contribution in [0.25, 0.3) is 0 Å². The third-order valence-electron chi connectivity index (χ3n) is 3.01. The maximum Gasteiger partial charge on any atom is 0.144 e. The number of carbonyl (C=O) groups is 1. The summed E-state index contributed by atoms with van der Waals surface area (Å²) in [5.74, 6) is 0. The Balaban J connectivity index is 2.07. The molecule has 0 spiro atoms. The highest BCUT2D eigenvalue weighted by atomic mass is 16.1. The minimum absolute atomic E-state index is 0.833. The molecule has 0 radical (unpaired) electrons. The number of piperazine rings is 1. The van der Waals surface area contributed by atoms with Gasteiger partial charge in [-0.1, -0.05) is 30.3 Å². The van der Waals surface area contributed by atoms with E-state index in [0.29, 0.717) is 0 Å². The van der Waals surface area contributed by atoms with E-state index in [2.05, 4.69) is 22.3 Å². The van der Waals surface area contributed by atoms with Gasteiger partial charge >= 0.3 is 0 Å². The summed E-state index contributed by atoms with van der Waals surface area (Å²) >= 11 is 0. The topological polar surface area (TPSA) is 32.3 Å². The third-order valence-corrected chi connectivity index (χ3v) is 3.01. The zero-order valence-electron chi connectivity index (χ0n) is 9.93. The Labute approximate surface area is 102 Å². The van der Waals surface area contributed by atoms with Gasteiger partial charge in [0.1, 0.15) is 6.29 Å². The Kier molecular flexibility index (Phi) is 4.33. The molecule has 1 heterocycles. The highest BCUT2D eigenvalue weighted by Crippen LogP contribution is 2.12. The molecule has 0 amide bonds. The predicted octanol–water partition coefficient (Wildman–Crippen LogP) is 1.22. The average molecular weight is 230 g/mol. The number of hydrogen-bond acceptors (Lipinski definition) is 3. The lowest BCUT2D eigenvalue weighted by atomic mass is 10.1. The van der Waals surface area contributed by atoms with Gasteiger partial charge in [0.05, 0.1) is 0 Å². The average Bonchev–Trinajstić information content (AvgIpc) is 2.40. The molecule has 3 heteroatoms. The molecule has 0 unspecified atom stereocenters. The molecule has 3 nitrogen and oxygen atoms in total. The number of rotatable bonds is 4. The molecule has 0 bridgehead atoms. The van der Waals surface area contributed by atoms with Gasteiger partial charge in [0, 0.05) is 38.3 Å². The first-order chi connectivity index (χ1) is 8.40. The van der Waals surface area contributed by atoms with Gasteiger partial charge in [0.25, 0.3) is 0 Å². The first-order valence-electron chi connectivity index (χ1n) is 6.04. The zero-order chi connectivity index (χ0) is 11.9. The van der Waals surface area contributed by atoms with Crippen molar-refractivity contribution in [3.05, 3.63) is 47.7 Å². The van der Waals surface area contributed by atoms with E-state index in [1.165, 1.54) is 5.56 Å². The van der Waals surface area contributed by atoms with Crippen LogP contribution in [0.4, 0.5) is 0 Å². The molecule has 1 aliphatic rings. The van der Waals surface area contributed by atoms with Gasteiger partial charge in [-0.2, -0.15) is 0 Å². The Bertz CT molecular complexity index is 380. The molecule has 1 fully saturated rings. The normalized spacial score (nSPS) is 16.9. The molecule has 0 aromatic heterocycles. The van der Waals surface area contributed by atoms with Gasteiger partial charge in [-0.15, -0.1) is 0 Å². The fraction of sp³-hybridized carbons (Fsp3) is 0.357. The van der Waals surface area contributed by atoms with Crippen molar-refractivity contribution in [2.75, 3.05) is 26.2 Å². The summed E-state index contributed by atoms with van der Waals surface area (Å²) in [5.41, 5.74) is 2.37. The van der Waals surface area contributed by atoms with Crippen LogP contribution in [0.2, 0.25) is 0 Å². The molecule has 0 aliphatic carbocycles. The Morgan fingerprint density at radius 1 is 1.24 bits per heavy atom. The van der Waals surface area contributed by atoms with E-state index in [1.807, 2.05) is 18.2 Å². The molecule has 1 aromatic rings. The lowest BCUT2D eigenvalue weighted by Crippen LogP contribution is -2.43. The number of aldehydes is 1. The monoisotopic (exact) mass is 230 g/mol. The van der Waals surface area contributed by atoms with Crippen molar-refractivity contribution in [2.45, 2.75) is 6.42 Å². The summed E-state index contributed by atoms with van der Waals surface area (Å²) in [7, 11) is 0. The van der Waals surface area contributed by atoms with Gasteiger partial charge in [-0.3, -0.25) is 4.79 Å². The summed E-state index contributed by atoms with van der Waals surface area (Å²) in [5, 5.41) is 3.32. The summed E-state index contributed by atoms with van der Waals surface area (Å²) in [4.78, 5) is 13.0. The minimum atomic E-state index is 0.833. The Morgan fingerprint density at radius 2 is 1.94 bits per heavy atom. The number of allylic oxidation sites excluding steroid dienone is 2. The smallest absolute Gasteiger partial charge is 0.144 e. The van der Waals surface area contributed by atoms with Gasteiger partial charge in [0.15, 0.2) is 0 Å². The third kappa shape index (κ3) is 3.43. The highest BCUT2D eigenvalue weighted by Gasteiger charge is 2.12. The fourth-order valence-corrected chi connectivity index (χ4v) is 2.11. The van der Waals surface area contributed by atoms with E-state index < -0.39 is 0 Å². The second-order valence-electron chi connectivity index (χ2n) is 4.19. The van der Waals surface area contributed by atoms with Gasteiger partial charge < -0.3 is 10.2 Å². The largest absolute Gasteiger partial charge is 0.372 e. The van der Waals surface area contributed by atoms with Crippen LogP contribution in [0.15, 0.2) is 42.1 Å². The second-order valence-corrected chi connectivity index (χ2v) is 4.19. The number of nitrogens with zero attached hydrogens (tertiary/aromatic N) is 1. The lowest BCUT2D eigenvalue weighted by molar-refractivity contribution is -0.104. The molecule has 1 N–H and O–H groups in total. The zero-order valence-corrected chi connectivity index (χ0v) is 9.93. The molecule has 17 heavy (non-hydrogen) atoms. The van der Waals surface area contributed by atoms with Gasteiger partial charge in [0.2, 0.25) is 0 Å². The molecular weight excluding hydrogens is 212 g/mol. The van der Waals surface area contributed by atoms with E-state index in [-0.39, 0.29) is 0 Å². The second kappa shape index (κ2) is 6.21. The number of carbonyl (C=O) groups excluding carboxylic acids is 1. The fourth-order valence-electron chi connectivity index (χ4n) is 2.11. The van der Waals surface area contributed by atoms with Gasteiger partial charge in [-0.25, -0.2) is 0 Å².